The summed E-state index contributed by atoms with van der Waals surface area (Å²) in [5.41, 5.74) is 1.83. The van der Waals surface area contributed by atoms with Crippen LogP contribution in [0.15, 0.2) is 30.3 Å². The van der Waals surface area contributed by atoms with Crippen molar-refractivity contribution < 1.29 is 37.3 Å². The summed E-state index contributed by atoms with van der Waals surface area (Å²) in [7, 11) is 4.33. The van der Waals surface area contributed by atoms with Gasteiger partial charge in [0.2, 0.25) is 0 Å². The summed E-state index contributed by atoms with van der Waals surface area (Å²) >= 11 is 0. The Balaban J connectivity index is 2.06. The van der Waals surface area contributed by atoms with E-state index in [2.05, 4.69) is 0 Å². The van der Waals surface area contributed by atoms with Crippen LogP contribution >= 0.6 is 0 Å². The van der Waals surface area contributed by atoms with Gasteiger partial charge in [-0.3, -0.25) is 4.79 Å². The molecule has 6 nitrogen and oxygen atoms in total. The molecule has 1 unspecified atom stereocenters. The van der Waals surface area contributed by atoms with Gasteiger partial charge in [0.05, 0.1) is 27.4 Å². The van der Waals surface area contributed by atoms with Gasteiger partial charge in [-0.25, -0.2) is 0 Å². The molecule has 1 aliphatic rings. The van der Waals surface area contributed by atoms with Gasteiger partial charge in [-0.1, -0.05) is 6.07 Å². The highest BCUT2D eigenvalue weighted by Gasteiger charge is 2.46. The fraction of sp³-hybridized carbons (Fsp3) is 0.381. The predicted molar refractivity (Wildman–Crippen MR) is 102 cm³/mol. The Bertz CT molecular complexity index is 945. The van der Waals surface area contributed by atoms with Crippen LogP contribution in [0.1, 0.15) is 22.7 Å². The Morgan fingerprint density at radius 2 is 1.73 bits per heavy atom. The van der Waals surface area contributed by atoms with E-state index in [-0.39, 0.29) is 30.9 Å². The number of fused-ring (bicyclic) bond motifs is 1. The van der Waals surface area contributed by atoms with Crippen LogP contribution in [0.5, 0.6) is 23.0 Å². The van der Waals surface area contributed by atoms with E-state index in [0.717, 1.165) is 10.5 Å². The maximum atomic E-state index is 13.2. The van der Waals surface area contributed by atoms with Gasteiger partial charge in [-0.05, 0) is 53.8 Å². The molecule has 9 heteroatoms. The molecule has 1 atom stereocenters. The van der Waals surface area contributed by atoms with Crippen LogP contribution in [-0.2, 0) is 17.6 Å². The Morgan fingerprint density at radius 1 is 1.07 bits per heavy atom. The van der Waals surface area contributed by atoms with Crippen LogP contribution in [0, 0.1) is 0 Å². The first-order valence-corrected chi connectivity index (χ1v) is 9.18. The van der Waals surface area contributed by atoms with Crippen LogP contribution in [0.3, 0.4) is 0 Å². The highest BCUT2D eigenvalue weighted by molar-refractivity contribution is 5.82. The second-order valence-corrected chi connectivity index (χ2v) is 6.88. The standard InChI is InChI=1S/C21H22F3NO5/c1-28-17-5-4-12(9-19(17)30-3)8-15-14-11-16(26)18(29-2)10-13(14)6-7-25(15)20(27)21(22,23)24/h4-5,9-11,15,26H,6-8H2,1-3H3. The molecule has 162 valence electrons. The normalized spacial score (nSPS) is 16.1. The molecule has 0 saturated heterocycles. The molecule has 1 heterocycles. The van der Waals surface area contributed by atoms with E-state index in [9.17, 15) is 23.1 Å². The van der Waals surface area contributed by atoms with Gasteiger partial charge in [0.15, 0.2) is 23.0 Å². The molecule has 0 fully saturated rings. The minimum Gasteiger partial charge on any atom is -0.504 e. The average molecular weight is 425 g/mol. The van der Waals surface area contributed by atoms with Crippen LogP contribution in [0.2, 0.25) is 0 Å². The van der Waals surface area contributed by atoms with Crippen molar-refractivity contribution in [1.82, 2.24) is 4.90 Å². The van der Waals surface area contributed by atoms with E-state index < -0.39 is 18.1 Å². The molecule has 0 aromatic heterocycles. The van der Waals surface area contributed by atoms with Gasteiger partial charge < -0.3 is 24.2 Å². The largest absolute Gasteiger partial charge is 0.504 e. The third-order valence-corrected chi connectivity index (χ3v) is 5.18. The molecule has 1 amide bonds. The zero-order chi connectivity index (χ0) is 22.1. The minimum absolute atomic E-state index is 0.0982. The number of nitrogens with zero attached hydrogens (tertiary/aromatic N) is 1. The number of carbonyl (C=O) groups is 1. The summed E-state index contributed by atoms with van der Waals surface area (Å²) in [6, 6.07) is 7.07. The molecule has 0 aliphatic carbocycles. The number of ether oxygens (including phenoxy) is 3. The molecule has 30 heavy (non-hydrogen) atoms. The number of amides is 1. The average Bonchev–Trinajstić information content (AvgIpc) is 2.72. The van der Waals surface area contributed by atoms with Gasteiger partial charge in [0.25, 0.3) is 0 Å². The van der Waals surface area contributed by atoms with Crippen LogP contribution < -0.4 is 14.2 Å². The van der Waals surface area contributed by atoms with Gasteiger partial charge in [0, 0.05) is 6.54 Å². The lowest BCUT2D eigenvalue weighted by Crippen LogP contribution is -2.47. The Hall–Kier alpha value is -3.10. The second-order valence-electron chi connectivity index (χ2n) is 6.88. The summed E-state index contributed by atoms with van der Waals surface area (Å²) in [5, 5.41) is 10.2. The molecule has 2 aromatic rings. The summed E-state index contributed by atoms with van der Waals surface area (Å²) in [4.78, 5) is 12.9. The third kappa shape index (κ3) is 4.10. The summed E-state index contributed by atoms with van der Waals surface area (Å²) < 4.78 is 55.3. The van der Waals surface area contributed by atoms with Crippen molar-refractivity contribution in [1.29, 1.82) is 0 Å². The fourth-order valence-electron chi connectivity index (χ4n) is 3.74. The maximum absolute atomic E-state index is 13.2. The minimum atomic E-state index is -5.00. The van der Waals surface area contributed by atoms with E-state index in [1.54, 1.807) is 24.3 Å². The van der Waals surface area contributed by atoms with Crippen LogP contribution in [0.25, 0.3) is 0 Å². The first-order valence-electron chi connectivity index (χ1n) is 9.18. The van der Waals surface area contributed by atoms with E-state index in [4.69, 9.17) is 14.2 Å². The number of benzene rings is 2. The quantitative estimate of drug-likeness (QED) is 0.792. The topological polar surface area (TPSA) is 68.2 Å². The van der Waals surface area contributed by atoms with Crippen molar-refractivity contribution in [3.63, 3.8) is 0 Å². The van der Waals surface area contributed by atoms with E-state index in [0.29, 0.717) is 22.6 Å². The molecule has 3 rings (SSSR count). The number of aromatic hydroxyl groups is 1. The van der Waals surface area contributed by atoms with Crippen molar-refractivity contribution in [2.45, 2.75) is 25.1 Å². The Labute approximate surface area is 171 Å². The van der Waals surface area contributed by atoms with Crippen molar-refractivity contribution in [2.24, 2.45) is 0 Å². The first kappa shape index (κ1) is 21.6. The first-order chi connectivity index (χ1) is 14.2. The smallest absolute Gasteiger partial charge is 0.471 e. The number of methoxy groups -OCH3 is 3. The SMILES string of the molecule is COc1cc2c(cc1O)C(Cc1ccc(OC)c(OC)c1)N(C(=O)C(F)(F)F)CC2. The maximum Gasteiger partial charge on any atom is 0.471 e. The van der Waals surface area contributed by atoms with Crippen LogP contribution in [0.4, 0.5) is 13.2 Å². The molecule has 1 aliphatic heterocycles. The van der Waals surface area contributed by atoms with Gasteiger partial charge in [-0.15, -0.1) is 0 Å². The van der Waals surface area contributed by atoms with Gasteiger partial charge in [0.1, 0.15) is 0 Å². The summed E-state index contributed by atoms with van der Waals surface area (Å²) in [5.74, 6) is -0.966. The zero-order valence-corrected chi connectivity index (χ0v) is 16.7. The van der Waals surface area contributed by atoms with Crippen molar-refractivity contribution in [2.75, 3.05) is 27.9 Å². The van der Waals surface area contributed by atoms with E-state index in [1.165, 1.54) is 27.4 Å². The number of halogens is 3. The third-order valence-electron chi connectivity index (χ3n) is 5.18. The molecule has 0 radical (unpaired) electrons. The zero-order valence-electron chi connectivity index (χ0n) is 16.7. The predicted octanol–water partition coefficient (Wildman–Crippen LogP) is 3.65. The van der Waals surface area contributed by atoms with E-state index >= 15 is 0 Å². The van der Waals surface area contributed by atoms with Gasteiger partial charge in [-0.2, -0.15) is 13.2 Å². The molecule has 0 bridgehead atoms. The van der Waals surface area contributed by atoms with Gasteiger partial charge >= 0.3 is 12.1 Å². The number of carbonyl (C=O) groups excluding carboxylic acids is 1. The van der Waals surface area contributed by atoms with E-state index in [1.807, 2.05) is 0 Å². The number of alkyl halides is 3. The number of phenols is 1. The monoisotopic (exact) mass is 425 g/mol. The molecular formula is C21H22F3NO5. The molecule has 0 saturated carbocycles. The lowest BCUT2D eigenvalue weighted by Gasteiger charge is -2.38. The van der Waals surface area contributed by atoms with Crippen molar-refractivity contribution in [3.05, 3.63) is 47.0 Å². The Morgan fingerprint density at radius 3 is 2.33 bits per heavy atom. The number of rotatable bonds is 5. The molecule has 0 spiro atoms. The highest BCUT2D eigenvalue weighted by atomic mass is 19.4. The second kappa shape index (κ2) is 8.33. The lowest BCUT2D eigenvalue weighted by molar-refractivity contribution is -0.188. The summed E-state index contributed by atoms with van der Waals surface area (Å²) in [6.07, 6.45) is -4.68. The summed E-state index contributed by atoms with van der Waals surface area (Å²) in [6.45, 7) is -0.1000. The highest BCUT2D eigenvalue weighted by Crippen LogP contribution is 2.41. The number of hydrogen-bond donors (Lipinski definition) is 1. The number of hydrogen-bond acceptors (Lipinski definition) is 5. The molecular weight excluding hydrogens is 403 g/mol. The van der Waals surface area contributed by atoms with Crippen molar-refractivity contribution in [3.8, 4) is 23.0 Å². The van der Waals surface area contributed by atoms with Crippen LogP contribution in [-0.4, -0.2) is 50.0 Å². The Kier molecular flexibility index (Phi) is 6.00. The molecule has 2 aromatic carbocycles. The molecule has 1 N–H and O–H groups in total. The lowest BCUT2D eigenvalue weighted by atomic mass is 9.88. The number of phenolic OH excluding ortho intramolecular Hbond substituents is 1. The van der Waals surface area contributed by atoms with Crippen molar-refractivity contribution >= 4 is 5.91 Å². The fourth-order valence-corrected chi connectivity index (χ4v) is 3.74.